The molecule has 2 fully saturated rings. The zero-order valence-corrected chi connectivity index (χ0v) is 18.6. The van der Waals surface area contributed by atoms with Gasteiger partial charge in [0.25, 0.3) is 5.91 Å². The van der Waals surface area contributed by atoms with Gasteiger partial charge in [0.2, 0.25) is 0 Å². The molecule has 4 heterocycles. The highest BCUT2D eigenvalue weighted by molar-refractivity contribution is 5.95. The van der Waals surface area contributed by atoms with Gasteiger partial charge in [0.1, 0.15) is 0 Å². The second-order valence-corrected chi connectivity index (χ2v) is 9.52. The van der Waals surface area contributed by atoms with E-state index in [2.05, 4.69) is 50.9 Å². The van der Waals surface area contributed by atoms with Gasteiger partial charge in [0.15, 0.2) is 11.3 Å². The first-order valence-electron chi connectivity index (χ1n) is 11.9. The van der Waals surface area contributed by atoms with Crippen molar-refractivity contribution in [2.24, 2.45) is 0 Å². The van der Waals surface area contributed by atoms with Gasteiger partial charge in [-0.25, -0.2) is 0 Å². The molecule has 32 heavy (non-hydrogen) atoms. The average molecular weight is 431 g/mol. The fraction of sp³-hybridized carbons (Fsp3) is 0.480. The lowest BCUT2D eigenvalue weighted by molar-refractivity contribution is 0.0928. The summed E-state index contributed by atoms with van der Waals surface area (Å²) < 4.78 is 2.03. The highest BCUT2D eigenvalue weighted by Crippen LogP contribution is 2.30. The lowest BCUT2D eigenvalue weighted by Gasteiger charge is -2.35. The van der Waals surface area contributed by atoms with Crippen LogP contribution in [0.2, 0.25) is 0 Å². The second-order valence-electron chi connectivity index (χ2n) is 9.52. The predicted molar refractivity (Wildman–Crippen MR) is 125 cm³/mol. The third-order valence-electron chi connectivity index (χ3n) is 7.42. The highest BCUT2D eigenvalue weighted by Gasteiger charge is 2.32. The number of nitrogens with zero attached hydrogens (tertiary/aromatic N) is 4. The van der Waals surface area contributed by atoms with Crippen molar-refractivity contribution in [3.8, 4) is 0 Å². The number of piperazine rings is 1. The van der Waals surface area contributed by atoms with E-state index in [1.54, 1.807) is 0 Å². The van der Waals surface area contributed by atoms with Gasteiger partial charge in [0.05, 0.1) is 0 Å². The fourth-order valence-electron chi connectivity index (χ4n) is 5.68. The number of anilines is 1. The molecule has 3 aliphatic rings. The van der Waals surface area contributed by atoms with E-state index in [1.165, 1.54) is 29.7 Å². The van der Waals surface area contributed by atoms with Crippen LogP contribution in [0.4, 0.5) is 5.69 Å². The van der Waals surface area contributed by atoms with E-state index in [9.17, 15) is 4.79 Å². The summed E-state index contributed by atoms with van der Waals surface area (Å²) in [4.78, 5) is 15.4. The van der Waals surface area contributed by atoms with Crippen molar-refractivity contribution in [2.75, 3.05) is 18.0 Å². The van der Waals surface area contributed by atoms with Crippen molar-refractivity contribution >= 4 is 22.6 Å². The summed E-state index contributed by atoms with van der Waals surface area (Å²) in [5, 5.41) is 16.3. The summed E-state index contributed by atoms with van der Waals surface area (Å²) in [5.41, 5.74) is 5.35. The lowest BCUT2D eigenvalue weighted by Crippen LogP contribution is -2.51. The Labute approximate surface area is 188 Å². The minimum Gasteiger partial charge on any atom is -0.368 e. The molecule has 2 bridgehead atoms. The van der Waals surface area contributed by atoms with Crippen LogP contribution in [0.15, 0.2) is 36.5 Å². The minimum atomic E-state index is -0.134. The quantitative estimate of drug-likeness (QED) is 0.666. The minimum absolute atomic E-state index is 0.133. The van der Waals surface area contributed by atoms with Crippen LogP contribution in [0, 0.1) is 0 Å². The van der Waals surface area contributed by atoms with Crippen molar-refractivity contribution in [3.05, 3.63) is 53.3 Å². The summed E-state index contributed by atoms with van der Waals surface area (Å²) in [7, 11) is 0. The molecule has 2 N–H and O–H groups in total. The van der Waals surface area contributed by atoms with Gasteiger partial charge in [-0.2, -0.15) is 0 Å². The molecule has 7 heteroatoms. The number of benzene rings is 1. The molecular formula is C25H30N6O. The standard InChI is InChI=1S/C25H30N6O/c1-2-30-10-9-18-13-23(28-29-24(18)30)25(32)27-19-5-3-17-12-22(8-4-16(17)11-19)31-14-20-6-7-21(15-31)26-20/h4,8-10,12-13,19-21,26H,2-3,5-7,11,14-15H2,1H3,(H,27,32)/t19-,20?,21?/m1/s1. The summed E-state index contributed by atoms with van der Waals surface area (Å²) in [6.07, 6.45) is 7.41. The molecule has 1 aromatic carbocycles. The zero-order valence-electron chi connectivity index (χ0n) is 18.6. The fourth-order valence-corrected chi connectivity index (χ4v) is 5.68. The maximum atomic E-state index is 12.8. The normalized spacial score (nSPS) is 24.5. The van der Waals surface area contributed by atoms with Crippen molar-refractivity contribution in [1.82, 2.24) is 25.4 Å². The molecule has 1 aliphatic carbocycles. The van der Waals surface area contributed by atoms with Crippen molar-refractivity contribution < 1.29 is 4.79 Å². The number of rotatable bonds is 4. The monoisotopic (exact) mass is 430 g/mol. The molecule has 0 saturated carbocycles. The summed E-state index contributed by atoms with van der Waals surface area (Å²) in [6.45, 7) is 5.13. The molecule has 3 atom stereocenters. The first-order valence-corrected chi connectivity index (χ1v) is 11.9. The molecule has 6 rings (SSSR count). The maximum absolute atomic E-state index is 12.8. The van der Waals surface area contributed by atoms with E-state index >= 15 is 0 Å². The van der Waals surface area contributed by atoms with Crippen LogP contribution in [0.1, 0.15) is 47.8 Å². The molecule has 2 aromatic heterocycles. The molecule has 0 radical (unpaired) electrons. The second kappa shape index (κ2) is 7.89. The number of nitrogens with one attached hydrogen (secondary N) is 2. The predicted octanol–water partition coefficient (Wildman–Crippen LogP) is 2.68. The van der Waals surface area contributed by atoms with E-state index in [0.29, 0.717) is 17.8 Å². The SMILES string of the molecule is CCn1ccc2cc(C(=O)N[C@@H]3CCc4cc(N5CC6CCC(C5)N6)ccc4C3)nnc21. The van der Waals surface area contributed by atoms with Crippen LogP contribution < -0.4 is 15.5 Å². The molecular weight excluding hydrogens is 400 g/mol. The van der Waals surface area contributed by atoms with Gasteiger partial charge in [0, 0.05) is 55.0 Å². The lowest BCUT2D eigenvalue weighted by atomic mass is 9.87. The Morgan fingerprint density at radius 1 is 1.09 bits per heavy atom. The summed E-state index contributed by atoms with van der Waals surface area (Å²) >= 11 is 0. The maximum Gasteiger partial charge on any atom is 0.272 e. The summed E-state index contributed by atoms with van der Waals surface area (Å²) in [6, 6.07) is 12.2. The molecule has 7 nitrogen and oxygen atoms in total. The molecule has 166 valence electrons. The Morgan fingerprint density at radius 3 is 2.75 bits per heavy atom. The Kier molecular flexibility index (Phi) is 4.86. The molecule has 2 unspecified atom stereocenters. The van der Waals surface area contributed by atoms with E-state index in [-0.39, 0.29) is 11.9 Å². The van der Waals surface area contributed by atoms with E-state index in [1.807, 2.05) is 22.9 Å². The third-order valence-corrected chi connectivity index (χ3v) is 7.42. The smallest absolute Gasteiger partial charge is 0.272 e. The van der Waals surface area contributed by atoms with Crippen molar-refractivity contribution in [3.63, 3.8) is 0 Å². The van der Waals surface area contributed by atoms with Crippen LogP contribution >= 0.6 is 0 Å². The Balaban J connectivity index is 1.13. The first kappa shape index (κ1) is 19.7. The Bertz CT molecular complexity index is 1160. The van der Waals surface area contributed by atoms with E-state index < -0.39 is 0 Å². The number of aryl methyl sites for hydroxylation is 2. The Hall–Kier alpha value is -2.93. The number of hydrogen-bond donors (Lipinski definition) is 2. The Morgan fingerprint density at radius 2 is 1.94 bits per heavy atom. The third kappa shape index (κ3) is 3.54. The van der Waals surface area contributed by atoms with E-state index in [0.717, 1.165) is 49.9 Å². The largest absolute Gasteiger partial charge is 0.368 e. The number of amides is 1. The van der Waals surface area contributed by atoms with Gasteiger partial charge in [-0.3, -0.25) is 4.79 Å². The van der Waals surface area contributed by atoms with Gasteiger partial charge >= 0.3 is 0 Å². The molecule has 1 amide bonds. The topological polar surface area (TPSA) is 75.1 Å². The average Bonchev–Trinajstić information content (AvgIpc) is 3.39. The van der Waals surface area contributed by atoms with Gasteiger partial charge in [-0.1, -0.05) is 6.07 Å². The van der Waals surface area contributed by atoms with Gasteiger partial charge in [-0.05, 0) is 74.4 Å². The van der Waals surface area contributed by atoms with E-state index in [4.69, 9.17) is 0 Å². The van der Waals surface area contributed by atoms with Crippen LogP contribution in [-0.4, -0.2) is 51.9 Å². The van der Waals surface area contributed by atoms with Gasteiger partial charge in [-0.15, -0.1) is 10.2 Å². The number of carbonyl (C=O) groups excluding carboxylic acids is 1. The van der Waals surface area contributed by atoms with Crippen LogP contribution in [0.3, 0.4) is 0 Å². The molecule has 2 aliphatic heterocycles. The molecule has 2 saturated heterocycles. The molecule has 3 aromatic rings. The summed E-state index contributed by atoms with van der Waals surface area (Å²) in [5.74, 6) is -0.134. The van der Waals surface area contributed by atoms with Crippen LogP contribution in [0.5, 0.6) is 0 Å². The van der Waals surface area contributed by atoms with Crippen LogP contribution in [-0.2, 0) is 19.4 Å². The van der Waals surface area contributed by atoms with Crippen molar-refractivity contribution in [1.29, 1.82) is 0 Å². The molecule has 0 spiro atoms. The number of aromatic nitrogens is 3. The number of hydrogen-bond acceptors (Lipinski definition) is 5. The number of fused-ring (bicyclic) bond motifs is 4. The first-order chi connectivity index (χ1) is 15.7. The number of carbonyl (C=O) groups is 1. The highest BCUT2D eigenvalue weighted by atomic mass is 16.2. The zero-order chi connectivity index (χ0) is 21.7. The van der Waals surface area contributed by atoms with Gasteiger partial charge < -0.3 is 20.1 Å². The van der Waals surface area contributed by atoms with Crippen LogP contribution in [0.25, 0.3) is 11.0 Å². The van der Waals surface area contributed by atoms with Crippen molar-refractivity contribution in [2.45, 2.75) is 63.7 Å².